The molecule has 0 saturated carbocycles. The van der Waals surface area contributed by atoms with Crippen molar-refractivity contribution in [2.45, 2.75) is 50.3 Å². The van der Waals surface area contributed by atoms with Crippen molar-refractivity contribution in [3.63, 3.8) is 0 Å². The van der Waals surface area contributed by atoms with Gasteiger partial charge < -0.3 is 9.64 Å². The van der Waals surface area contributed by atoms with E-state index in [1.807, 2.05) is 30.3 Å². The Morgan fingerprint density at radius 1 is 1.15 bits per heavy atom. The third kappa shape index (κ3) is 3.87. The highest BCUT2D eigenvalue weighted by molar-refractivity contribution is 8.00. The van der Waals surface area contributed by atoms with Crippen LogP contribution in [0.25, 0.3) is 20.4 Å². The predicted molar refractivity (Wildman–Crippen MR) is 138 cm³/mol. The van der Waals surface area contributed by atoms with E-state index in [0.717, 1.165) is 56.4 Å². The molecule has 1 fully saturated rings. The van der Waals surface area contributed by atoms with Crippen LogP contribution in [0.1, 0.15) is 48.2 Å². The van der Waals surface area contributed by atoms with Crippen LogP contribution in [0.4, 0.5) is 5.82 Å². The van der Waals surface area contributed by atoms with E-state index in [0.29, 0.717) is 12.4 Å². The average Bonchev–Trinajstić information content (AvgIpc) is 3.50. The third-order valence-corrected chi connectivity index (χ3v) is 8.81. The van der Waals surface area contributed by atoms with Gasteiger partial charge in [-0.2, -0.15) is 0 Å². The highest BCUT2D eigenvalue weighted by atomic mass is 32.2. The summed E-state index contributed by atoms with van der Waals surface area (Å²) in [6, 6.07) is 9.43. The fourth-order valence-corrected chi connectivity index (χ4v) is 7.03. The summed E-state index contributed by atoms with van der Waals surface area (Å²) in [5.74, 6) is 1.52. The highest BCUT2D eigenvalue weighted by Crippen LogP contribution is 2.44. The van der Waals surface area contributed by atoms with Gasteiger partial charge >= 0.3 is 0 Å². The summed E-state index contributed by atoms with van der Waals surface area (Å²) in [5.41, 5.74) is 3.96. The standard InChI is InChI=1S/C26H26N4O2S2/c1-26(2)12-17-18(13-32-26)23(30-10-6-7-11-30)29-24-20(17)21-22(34-24)25(28-15-27-21)33-14-19(31)16-8-4-3-5-9-16/h3-5,8-9,15H,6-7,10-14H2,1-2H3. The number of ketones is 1. The SMILES string of the molecule is CC1(C)Cc2c(c(N3CCCC3)nc3sc4c(SCC(=O)c5ccccc5)ncnc4c23)CO1. The zero-order chi connectivity index (χ0) is 23.3. The lowest BCUT2D eigenvalue weighted by molar-refractivity contribution is -0.0395. The molecular weight excluding hydrogens is 464 g/mol. The molecule has 5 heterocycles. The molecule has 4 aromatic rings. The number of thiophene rings is 1. The van der Waals surface area contributed by atoms with Crippen molar-refractivity contribution >= 4 is 55.1 Å². The van der Waals surface area contributed by atoms with E-state index in [4.69, 9.17) is 14.7 Å². The molecule has 0 amide bonds. The number of nitrogens with zero attached hydrogens (tertiary/aromatic N) is 4. The predicted octanol–water partition coefficient (Wildman–Crippen LogP) is 5.67. The van der Waals surface area contributed by atoms with Gasteiger partial charge in [0.25, 0.3) is 0 Å². The second-order valence-electron chi connectivity index (χ2n) is 9.53. The lowest BCUT2D eigenvalue weighted by Gasteiger charge is -2.34. The van der Waals surface area contributed by atoms with Crippen molar-refractivity contribution < 1.29 is 9.53 Å². The number of fused-ring (bicyclic) bond motifs is 5. The molecule has 3 aromatic heterocycles. The molecule has 0 bridgehead atoms. The second-order valence-corrected chi connectivity index (χ2v) is 11.5. The van der Waals surface area contributed by atoms with Gasteiger partial charge in [-0.25, -0.2) is 15.0 Å². The van der Waals surface area contributed by atoms with E-state index in [-0.39, 0.29) is 11.4 Å². The summed E-state index contributed by atoms with van der Waals surface area (Å²) >= 11 is 3.13. The van der Waals surface area contributed by atoms with E-state index in [2.05, 4.69) is 23.7 Å². The Morgan fingerprint density at radius 3 is 2.74 bits per heavy atom. The Hall–Kier alpha value is -2.55. The minimum Gasteiger partial charge on any atom is -0.370 e. The molecular formula is C26H26N4O2S2. The zero-order valence-corrected chi connectivity index (χ0v) is 21.0. The lowest BCUT2D eigenvalue weighted by atomic mass is 9.90. The van der Waals surface area contributed by atoms with E-state index in [1.165, 1.54) is 35.7 Å². The lowest BCUT2D eigenvalue weighted by Crippen LogP contribution is -2.33. The minimum absolute atomic E-state index is 0.101. The van der Waals surface area contributed by atoms with Crippen LogP contribution in [0.15, 0.2) is 41.7 Å². The molecule has 0 radical (unpaired) electrons. The Balaban J connectivity index is 1.45. The van der Waals surface area contributed by atoms with Gasteiger partial charge in [-0.1, -0.05) is 42.1 Å². The Bertz CT molecular complexity index is 1390. The first-order chi connectivity index (χ1) is 16.5. The summed E-state index contributed by atoms with van der Waals surface area (Å²) in [5, 5.41) is 1.98. The molecule has 34 heavy (non-hydrogen) atoms. The van der Waals surface area contributed by atoms with Crippen LogP contribution < -0.4 is 4.90 Å². The van der Waals surface area contributed by atoms with Crippen LogP contribution >= 0.6 is 23.1 Å². The summed E-state index contributed by atoms with van der Waals surface area (Å²) < 4.78 is 7.24. The van der Waals surface area contributed by atoms with Gasteiger partial charge in [0.05, 0.1) is 28.2 Å². The van der Waals surface area contributed by atoms with Crippen LogP contribution in [0, 0.1) is 0 Å². The molecule has 1 saturated heterocycles. The van der Waals surface area contributed by atoms with Crippen molar-refractivity contribution in [3.8, 4) is 0 Å². The molecule has 2 aliphatic rings. The first-order valence-electron chi connectivity index (χ1n) is 11.7. The first-order valence-corrected chi connectivity index (χ1v) is 13.5. The molecule has 1 aromatic carbocycles. The van der Waals surface area contributed by atoms with Crippen LogP contribution in [0.3, 0.4) is 0 Å². The Labute approximate surface area is 206 Å². The van der Waals surface area contributed by atoms with Crippen molar-refractivity contribution in [2.75, 3.05) is 23.7 Å². The topological polar surface area (TPSA) is 68.2 Å². The molecule has 0 aliphatic carbocycles. The number of carbonyl (C=O) groups excluding carboxylic acids is 1. The summed E-state index contributed by atoms with van der Waals surface area (Å²) in [6.45, 7) is 6.96. The smallest absolute Gasteiger partial charge is 0.173 e. The van der Waals surface area contributed by atoms with E-state index in [9.17, 15) is 4.79 Å². The van der Waals surface area contributed by atoms with Crippen LogP contribution in [0.2, 0.25) is 0 Å². The average molecular weight is 491 g/mol. The maximum Gasteiger partial charge on any atom is 0.173 e. The maximum atomic E-state index is 12.7. The first kappa shape index (κ1) is 21.9. The van der Waals surface area contributed by atoms with Gasteiger partial charge in [-0.3, -0.25) is 4.79 Å². The molecule has 0 unspecified atom stereocenters. The Morgan fingerprint density at radius 2 is 1.94 bits per heavy atom. The van der Waals surface area contributed by atoms with Crippen molar-refractivity contribution in [2.24, 2.45) is 0 Å². The number of rotatable bonds is 5. The zero-order valence-electron chi connectivity index (χ0n) is 19.3. The monoisotopic (exact) mass is 490 g/mol. The number of pyridine rings is 1. The molecule has 0 spiro atoms. The van der Waals surface area contributed by atoms with Gasteiger partial charge in [0.2, 0.25) is 0 Å². The van der Waals surface area contributed by atoms with Crippen LogP contribution in [0.5, 0.6) is 0 Å². The fourth-order valence-electron chi connectivity index (χ4n) is 4.90. The number of hydrogen-bond donors (Lipinski definition) is 0. The van der Waals surface area contributed by atoms with Gasteiger partial charge in [0.15, 0.2) is 5.78 Å². The molecule has 0 N–H and O–H groups in total. The van der Waals surface area contributed by atoms with E-state index >= 15 is 0 Å². The summed E-state index contributed by atoms with van der Waals surface area (Å²) in [4.78, 5) is 30.5. The molecule has 174 valence electrons. The number of hydrogen-bond acceptors (Lipinski definition) is 8. The fraction of sp³-hybridized carbons (Fsp3) is 0.385. The number of aromatic nitrogens is 3. The number of carbonyl (C=O) groups is 1. The van der Waals surface area contributed by atoms with Gasteiger partial charge in [0, 0.05) is 36.0 Å². The highest BCUT2D eigenvalue weighted by Gasteiger charge is 2.33. The quantitative estimate of drug-likeness (QED) is 0.203. The molecule has 8 heteroatoms. The van der Waals surface area contributed by atoms with Gasteiger partial charge in [-0.15, -0.1) is 11.3 Å². The number of benzene rings is 1. The maximum absolute atomic E-state index is 12.7. The largest absolute Gasteiger partial charge is 0.370 e. The number of anilines is 1. The van der Waals surface area contributed by atoms with Crippen LogP contribution in [-0.4, -0.2) is 45.2 Å². The van der Waals surface area contributed by atoms with Crippen molar-refractivity contribution in [3.05, 3.63) is 53.3 Å². The van der Waals surface area contributed by atoms with Crippen LogP contribution in [-0.2, 0) is 17.8 Å². The van der Waals surface area contributed by atoms with Gasteiger partial charge in [0.1, 0.15) is 22.0 Å². The summed E-state index contributed by atoms with van der Waals surface area (Å²) in [6.07, 6.45) is 4.85. The van der Waals surface area contributed by atoms with Crippen molar-refractivity contribution in [1.29, 1.82) is 0 Å². The number of ether oxygens (including phenoxy) is 1. The molecule has 6 rings (SSSR count). The minimum atomic E-state index is -0.232. The Kier molecular flexibility index (Phi) is 5.54. The van der Waals surface area contributed by atoms with E-state index in [1.54, 1.807) is 17.7 Å². The number of thioether (sulfide) groups is 1. The molecule has 0 atom stereocenters. The summed E-state index contributed by atoms with van der Waals surface area (Å²) in [7, 11) is 0. The van der Waals surface area contributed by atoms with Crippen molar-refractivity contribution in [1.82, 2.24) is 15.0 Å². The second kappa shape index (κ2) is 8.59. The van der Waals surface area contributed by atoms with E-state index < -0.39 is 0 Å². The third-order valence-electron chi connectivity index (χ3n) is 6.62. The normalized spacial score (nSPS) is 17.4. The molecule has 6 nitrogen and oxygen atoms in total. The number of Topliss-reactive ketones (excluding diaryl/α,β-unsaturated/α-hetero) is 1. The van der Waals surface area contributed by atoms with Gasteiger partial charge in [-0.05, 0) is 32.3 Å². The molecule has 2 aliphatic heterocycles.